The summed E-state index contributed by atoms with van der Waals surface area (Å²) in [5, 5.41) is 3.31. The molecule has 1 aliphatic rings. The zero-order valence-electron chi connectivity index (χ0n) is 8.51. The van der Waals surface area contributed by atoms with Crippen LogP contribution in [0.5, 0.6) is 0 Å². The summed E-state index contributed by atoms with van der Waals surface area (Å²) in [4.78, 5) is 11.4. The van der Waals surface area contributed by atoms with E-state index in [0.717, 1.165) is 19.3 Å². The molecule has 2 atom stereocenters. The van der Waals surface area contributed by atoms with Crippen molar-refractivity contribution in [2.45, 2.75) is 51.6 Å². The summed E-state index contributed by atoms with van der Waals surface area (Å²) in [6, 6.07) is 0.446. The highest BCUT2D eigenvalue weighted by Crippen LogP contribution is 2.15. The van der Waals surface area contributed by atoms with E-state index in [0.29, 0.717) is 12.6 Å². The van der Waals surface area contributed by atoms with Crippen molar-refractivity contribution < 1.29 is 9.53 Å². The van der Waals surface area contributed by atoms with Crippen LogP contribution in [0.1, 0.15) is 39.5 Å². The number of hydrogen-bond donors (Lipinski definition) is 1. The molecule has 3 heteroatoms. The molecule has 0 bridgehead atoms. The number of carbonyl (C=O) groups excluding carboxylic acids is 1. The second-order valence-electron chi connectivity index (χ2n) is 3.51. The number of carbonyl (C=O) groups is 1. The molecular weight excluding hydrogens is 166 g/mol. The fourth-order valence-corrected chi connectivity index (χ4v) is 1.77. The number of esters is 1. The highest BCUT2D eigenvalue weighted by Gasteiger charge is 2.25. The van der Waals surface area contributed by atoms with Crippen LogP contribution < -0.4 is 5.32 Å². The molecule has 1 aliphatic heterocycles. The number of hydrogen-bond acceptors (Lipinski definition) is 3. The zero-order valence-corrected chi connectivity index (χ0v) is 8.51. The molecule has 0 aromatic heterocycles. The van der Waals surface area contributed by atoms with E-state index in [1.807, 2.05) is 6.92 Å². The highest BCUT2D eigenvalue weighted by atomic mass is 16.5. The van der Waals surface area contributed by atoms with E-state index in [1.165, 1.54) is 6.42 Å². The van der Waals surface area contributed by atoms with E-state index >= 15 is 0 Å². The molecule has 0 saturated carbocycles. The van der Waals surface area contributed by atoms with Gasteiger partial charge in [-0.1, -0.05) is 6.92 Å². The molecule has 0 radical (unpaired) electrons. The van der Waals surface area contributed by atoms with Crippen LogP contribution in [0.2, 0.25) is 0 Å². The predicted molar refractivity (Wildman–Crippen MR) is 51.5 cm³/mol. The Balaban J connectivity index is 2.37. The van der Waals surface area contributed by atoms with Crippen LogP contribution in [0, 0.1) is 0 Å². The average molecular weight is 185 g/mol. The molecule has 0 spiro atoms. The van der Waals surface area contributed by atoms with Crippen LogP contribution in [0.3, 0.4) is 0 Å². The summed E-state index contributed by atoms with van der Waals surface area (Å²) >= 11 is 0. The Morgan fingerprint density at radius 3 is 2.85 bits per heavy atom. The Labute approximate surface area is 79.8 Å². The lowest BCUT2D eigenvalue weighted by Crippen LogP contribution is -2.47. The molecule has 76 valence electrons. The summed E-state index contributed by atoms with van der Waals surface area (Å²) in [5.74, 6) is -0.0827. The van der Waals surface area contributed by atoms with Crippen LogP contribution in [0.25, 0.3) is 0 Å². The number of nitrogens with one attached hydrogen (secondary N) is 1. The zero-order chi connectivity index (χ0) is 9.68. The van der Waals surface area contributed by atoms with Crippen molar-refractivity contribution in [1.29, 1.82) is 0 Å². The van der Waals surface area contributed by atoms with Crippen LogP contribution in [-0.4, -0.2) is 24.7 Å². The summed E-state index contributed by atoms with van der Waals surface area (Å²) in [5.41, 5.74) is 0. The highest BCUT2D eigenvalue weighted by molar-refractivity contribution is 5.75. The SMILES string of the molecule is CCOC(=O)[C@@H]1CCC[C@H](CC)N1. The molecule has 3 nitrogen and oxygen atoms in total. The van der Waals surface area contributed by atoms with E-state index in [2.05, 4.69) is 12.2 Å². The smallest absolute Gasteiger partial charge is 0.323 e. The average Bonchev–Trinajstić information content (AvgIpc) is 2.18. The largest absolute Gasteiger partial charge is 0.465 e. The molecule has 0 aromatic carbocycles. The minimum Gasteiger partial charge on any atom is -0.465 e. The van der Waals surface area contributed by atoms with Crippen molar-refractivity contribution >= 4 is 5.97 Å². The minimum atomic E-state index is -0.0827. The molecule has 1 heterocycles. The molecule has 0 unspecified atom stereocenters. The second kappa shape index (κ2) is 5.22. The van der Waals surface area contributed by atoms with Gasteiger partial charge in [0.05, 0.1) is 6.61 Å². The van der Waals surface area contributed by atoms with E-state index in [4.69, 9.17) is 4.74 Å². The van der Waals surface area contributed by atoms with Gasteiger partial charge in [0.25, 0.3) is 0 Å². The van der Waals surface area contributed by atoms with Crippen molar-refractivity contribution in [2.24, 2.45) is 0 Å². The number of rotatable bonds is 3. The Hall–Kier alpha value is -0.570. The van der Waals surface area contributed by atoms with Gasteiger partial charge in [-0.25, -0.2) is 0 Å². The molecule has 1 fully saturated rings. The lowest BCUT2D eigenvalue weighted by atomic mass is 9.97. The molecule has 1 N–H and O–H groups in total. The maximum Gasteiger partial charge on any atom is 0.323 e. The Kier molecular flexibility index (Phi) is 4.22. The first-order valence-corrected chi connectivity index (χ1v) is 5.20. The van der Waals surface area contributed by atoms with Gasteiger partial charge >= 0.3 is 5.97 Å². The van der Waals surface area contributed by atoms with Gasteiger partial charge in [-0.05, 0) is 32.6 Å². The standard InChI is InChI=1S/C10H19NO2/c1-3-8-6-5-7-9(11-8)10(12)13-4-2/h8-9,11H,3-7H2,1-2H3/t8-,9-/m0/s1. The minimum absolute atomic E-state index is 0.0568. The molecule has 0 amide bonds. The van der Waals surface area contributed by atoms with Crippen molar-refractivity contribution in [3.05, 3.63) is 0 Å². The Morgan fingerprint density at radius 1 is 1.46 bits per heavy atom. The maximum absolute atomic E-state index is 11.4. The second-order valence-corrected chi connectivity index (χ2v) is 3.51. The third-order valence-corrected chi connectivity index (χ3v) is 2.55. The molecular formula is C10H19NO2. The van der Waals surface area contributed by atoms with Gasteiger partial charge in [0.15, 0.2) is 0 Å². The van der Waals surface area contributed by atoms with E-state index in [9.17, 15) is 4.79 Å². The van der Waals surface area contributed by atoms with Gasteiger partial charge < -0.3 is 10.1 Å². The third kappa shape index (κ3) is 2.99. The van der Waals surface area contributed by atoms with Gasteiger partial charge in [0.2, 0.25) is 0 Å². The van der Waals surface area contributed by atoms with E-state index in [1.54, 1.807) is 0 Å². The van der Waals surface area contributed by atoms with Crippen LogP contribution in [-0.2, 0) is 9.53 Å². The lowest BCUT2D eigenvalue weighted by molar-refractivity contribution is -0.146. The van der Waals surface area contributed by atoms with Crippen molar-refractivity contribution in [2.75, 3.05) is 6.61 Å². The first kappa shape index (κ1) is 10.5. The van der Waals surface area contributed by atoms with E-state index < -0.39 is 0 Å². The van der Waals surface area contributed by atoms with Gasteiger partial charge in [0, 0.05) is 6.04 Å². The van der Waals surface area contributed by atoms with Gasteiger partial charge in [-0.15, -0.1) is 0 Å². The van der Waals surface area contributed by atoms with Crippen LogP contribution in [0.15, 0.2) is 0 Å². The number of ether oxygens (including phenoxy) is 1. The summed E-state index contributed by atoms with van der Waals surface area (Å²) < 4.78 is 4.97. The van der Waals surface area contributed by atoms with Crippen molar-refractivity contribution in [3.8, 4) is 0 Å². The summed E-state index contributed by atoms with van der Waals surface area (Å²) in [6.45, 7) is 4.47. The normalized spacial score (nSPS) is 28.5. The fourth-order valence-electron chi connectivity index (χ4n) is 1.77. The van der Waals surface area contributed by atoms with Gasteiger partial charge in [-0.2, -0.15) is 0 Å². The van der Waals surface area contributed by atoms with Crippen molar-refractivity contribution in [1.82, 2.24) is 5.32 Å². The topological polar surface area (TPSA) is 38.3 Å². The van der Waals surface area contributed by atoms with Crippen molar-refractivity contribution in [3.63, 3.8) is 0 Å². The molecule has 1 rings (SSSR count). The van der Waals surface area contributed by atoms with E-state index in [-0.39, 0.29) is 12.0 Å². The van der Waals surface area contributed by atoms with Crippen LogP contribution >= 0.6 is 0 Å². The Morgan fingerprint density at radius 2 is 2.23 bits per heavy atom. The van der Waals surface area contributed by atoms with Gasteiger partial charge in [0.1, 0.15) is 6.04 Å². The molecule has 1 saturated heterocycles. The van der Waals surface area contributed by atoms with Crippen LogP contribution in [0.4, 0.5) is 0 Å². The monoisotopic (exact) mass is 185 g/mol. The molecule has 0 aliphatic carbocycles. The molecule has 0 aromatic rings. The quantitative estimate of drug-likeness (QED) is 0.677. The lowest BCUT2D eigenvalue weighted by Gasteiger charge is -2.28. The summed E-state index contributed by atoms with van der Waals surface area (Å²) in [7, 11) is 0. The first-order chi connectivity index (χ1) is 6.27. The first-order valence-electron chi connectivity index (χ1n) is 5.20. The Bertz CT molecular complexity index is 170. The third-order valence-electron chi connectivity index (χ3n) is 2.55. The fraction of sp³-hybridized carbons (Fsp3) is 0.900. The summed E-state index contributed by atoms with van der Waals surface area (Å²) in [6.07, 6.45) is 4.34. The van der Waals surface area contributed by atoms with Gasteiger partial charge in [-0.3, -0.25) is 4.79 Å². The number of piperidine rings is 1. The maximum atomic E-state index is 11.4. The predicted octanol–water partition coefficient (Wildman–Crippen LogP) is 1.47. The molecule has 13 heavy (non-hydrogen) atoms.